The number of rotatable bonds is 5. The van der Waals surface area contributed by atoms with Gasteiger partial charge in [0.15, 0.2) is 0 Å². The van der Waals surface area contributed by atoms with Crippen LogP contribution in [0, 0.1) is 6.92 Å². The Morgan fingerprint density at radius 1 is 0.906 bits per heavy atom. The van der Waals surface area contributed by atoms with E-state index in [1.807, 2.05) is 48.5 Å². The largest absolute Gasteiger partial charge is 0.309 e. The quantitative estimate of drug-likeness (QED) is 0.323. The average molecular weight is 420 g/mol. The van der Waals surface area contributed by atoms with Crippen LogP contribution in [0.25, 0.3) is 27.8 Å². The molecule has 3 aromatic carbocycles. The van der Waals surface area contributed by atoms with E-state index in [4.69, 9.17) is 0 Å². The number of aryl methyl sites for hydroxylation is 1. The average Bonchev–Trinajstić information content (AvgIpc) is 3.17. The molecule has 0 atom stereocenters. The van der Waals surface area contributed by atoms with Crippen LogP contribution in [0.15, 0.2) is 94.8 Å². The van der Waals surface area contributed by atoms with E-state index in [0.29, 0.717) is 5.69 Å². The van der Waals surface area contributed by atoms with Gasteiger partial charge in [0, 0.05) is 16.6 Å². The molecule has 156 valence electrons. The van der Waals surface area contributed by atoms with E-state index in [2.05, 4.69) is 66.7 Å². The minimum absolute atomic E-state index is 0.185. The fourth-order valence-electron chi connectivity index (χ4n) is 3.72. The van der Waals surface area contributed by atoms with Crippen molar-refractivity contribution in [1.29, 1.82) is 0 Å². The topological polar surface area (TPSA) is 88.0 Å². The molecule has 2 heterocycles. The number of hydrogen-bond acceptors (Lipinski definition) is 5. The van der Waals surface area contributed by atoms with Crippen molar-refractivity contribution in [2.24, 2.45) is 5.10 Å². The van der Waals surface area contributed by atoms with Crippen LogP contribution < -0.4 is 11.0 Å². The van der Waals surface area contributed by atoms with Gasteiger partial charge in [0.05, 0.1) is 17.4 Å². The van der Waals surface area contributed by atoms with Gasteiger partial charge in [-0.1, -0.05) is 66.7 Å². The lowest BCUT2D eigenvalue weighted by Gasteiger charge is -2.12. The van der Waals surface area contributed by atoms with Crippen molar-refractivity contribution in [3.8, 4) is 16.9 Å². The van der Waals surface area contributed by atoms with Crippen LogP contribution in [-0.2, 0) is 0 Å². The van der Waals surface area contributed by atoms with Crippen molar-refractivity contribution in [3.05, 3.63) is 107 Å². The van der Waals surface area contributed by atoms with Gasteiger partial charge in [-0.25, -0.2) is 5.43 Å². The molecule has 5 aromatic rings. The standard InChI is InChI=1S/C25H20N6O/c1-17-24(32)27-25(30-28-17)29-26-16-21-20-14-8-9-15-22(20)31(19-12-6-3-7-13-19)23(21)18-10-4-2-5-11-18/h2-16H,1H3,(H2,27,29,30,32)/b26-16+. The van der Waals surface area contributed by atoms with Crippen molar-refractivity contribution < 1.29 is 0 Å². The molecule has 2 aromatic heterocycles. The fraction of sp³-hybridized carbons (Fsp3) is 0.0400. The summed E-state index contributed by atoms with van der Waals surface area (Å²) in [6.07, 6.45) is 1.75. The van der Waals surface area contributed by atoms with Gasteiger partial charge in [0.25, 0.3) is 5.56 Å². The summed E-state index contributed by atoms with van der Waals surface area (Å²) in [5.74, 6) is 0.185. The molecule has 0 aliphatic heterocycles. The van der Waals surface area contributed by atoms with Crippen molar-refractivity contribution in [1.82, 2.24) is 19.7 Å². The number of H-pyrrole nitrogens is 1. The summed E-state index contributed by atoms with van der Waals surface area (Å²) in [6, 6.07) is 28.7. The number of para-hydroxylation sites is 2. The van der Waals surface area contributed by atoms with Gasteiger partial charge in [0.2, 0.25) is 5.95 Å². The molecule has 0 amide bonds. The molecular weight excluding hydrogens is 400 g/mol. The smallest absolute Gasteiger partial charge is 0.274 e. The lowest BCUT2D eigenvalue weighted by atomic mass is 10.1. The van der Waals surface area contributed by atoms with Crippen molar-refractivity contribution >= 4 is 23.1 Å². The Kier molecular flexibility index (Phi) is 5.05. The Balaban J connectivity index is 1.69. The summed E-state index contributed by atoms with van der Waals surface area (Å²) in [4.78, 5) is 14.4. The van der Waals surface area contributed by atoms with Crippen LogP contribution in [0.4, 0.5) is 5.95 Å². The van der Waals surface area contributed by atoms with Gasteiger partial charge in [0.1, 0.15) is 5.69 Å². The van der Waals surface area contributed by atoms with Crippen LogP contribution >= 0.6 is 0 Å². The zero-order valence-electron chi connectivity index (χ0n) is 17.4. The first-order valence-corrected chi connectivity index (χ1v) is 10.2. The number of nitrogens with zero attached hydrogens (tertiary/aromatic N) is 4. The summed E-state index contributed by atoms with van der Waals surface area (Å²) >= 11 is 0. The predicted octanol–water partition coefficient (Wildman–Crippen LogP) is 4.53. The number of nitrogens with one attached hydrogen (secondary N) is 2. The highest BCUT2D eigenvalue weighted by atomic mass is 16.1. The molecule has 2 N–H and O–H groups in total. The minimum Gasteiger partial charge on any atom is -0.309 e. The number of benzene rings is 3. The van der Waals surface area contributed by atoms with Gasteiger partial charge in [-0.3, -0.25) is 9.78 Å². The predicted molar refractivity (Wildman–Crippen MR) is 127 cm³/mol. The number of anilines is 1. The Hall–Kier alpha value is -4.52. The molecular formula is C25H20N6O. The first kappa shape index (κ1) is 19.4. The summed E-state index contributed by atoms with van der Waals surface area (Å²) in [6.45, 7) is 1.60. The second kappa shape index (κ2) is 8.31. The second-order valence-electron chi connectivity index (χ2n) is 7.27. The number of aromatic amines is 1. The van der Waals surface area contributed by atoms with Gasteiger partial charge in [-0.2, -0.15) is 5.10 Å². The summed E-state index contributed by atoms with van der Waals surface area (Å²) in [5, 5.41) is 13.2. The van der Waals surface area contributed by atoms with Crippen LogP contribution in [0.5, 0.6) is 0 Å². The summed E-state index contributed by atoms with van der Waals surface area (Å²) < 4.78 is 2.24. The van der Waals surface area contributed by atoms with Crippen LogP contribution in [0.1, 0.15) is 11.3 Å². The van der Waals surface area contributed by atoms with E-state index in [9.17, 15) is 4.79 Å². The summed E-state index contributed by atoms with van der Waals surface area (Å²) in [7, 11) is 0. The molecule has 7 nitrogen and oxygen atoms in total. The summed E-state index contributed by atoms with van der Waals surface area (Å²) in [5.41, 5.74) is 7.95. The Morgan fingerprint density at radius 2 is 1.59 bits per heavy atom. The Bertz CT molecular complexity index is 1470. The Morgan fingerprint density at radius 3 is 2.34 bits per heavy atom. The van der Waals surface area contributed by atoms with Crippen LogP contribution in [0.3, 0.4) is 0 Å². The monoisotopic (exact) mass is 420 g/mol. The van der Waals surface area contributed by atoms with E-state index in [0.717, 1.165) is 33.4 Å². The van der Waals surface area contributed by atoms with Crippen molar-refractivity contribution in [2.45, 2.75) is 6.92 Å². The molecule has 0 saturated carbocycles. The van der Waals surface area contributed by atoms with E-state index >= 15 is 0 Å². The molecule has 0 radical (unpaired) electrons. The maximum absolute atomic E-state index is 11.8. The zero-order chi connectivity index (χ0) is 21.9. The lowest BCUT2D eigenvalue weighted by molar-refractivity contribution is 0.897. The highest BCUT2D eigenvalue weighted by Crippen LogP contribution is 2.35. The minimum atomic E-state index is -0.302. The molecule has 7 heteroatoms. The third-order valence-electron chi connectivity index (χ3n) is 5.20. The number of hydrazone groups is 1. The molecule has 0 unspecified atom stereocenters. The first-order chi connectivity index (χ1) is 15.7. The first-order valence-electron chi connectivity index (χ1n) is 10.2. The SMILES string of the molecule is Cc1nnc(N/N=C/c2c(-c3ccccc3)n(-c3ccccc3)c3ccccc23)[nH]c1=O. The third kappa shape index (κ3) is 3.56. The number of hydrogen-bond donors (Lipinski definition) is 2. The van der Waals surface area contributed by atoms with Crippen LogP contribution in [0.2, 0.25) is 0 Å². The molecule has 0 spiro atoms. The van der Waals surface area contributed by atoms with Gasteiger partial charge in [-0.15, -0.1) is 10.2 Å². The highest BCUT2D eigenvalue weighted by Gasteiger charge is 2.18. The van der Waals surface area contributed by atoms with Crippen molar-refractivity contribution in [2.75, 3.05) is 5.43 Å². The maximum Gasteiger partial charge on any atom is 0.274 e. The van der Waals surface area contributed by atoms with Crippen molar-refractivity contribution in [3.63, 3.8) is 0 Å². The Labute approximate surface area is 184 Å². The van der Waals surface area contributed by atoms with Gasteiger partial charge < -0.3 is 4.57 Å². The number of fused-ring (bicyclic) bond motifs is 1. The highest BCUT2D eigenvalue weighted by molar-refractivity contribution is 6.07. The van der Waals surface area contributed by atoms with Gasteiger partial charge in [-0.05, 0) is 30.7 Å². The zero-order valence-corrected chi connectivity index (χ0v) is 17.4. The lowest BCUT2D eigenvalue weighted by Crippen LogP contribution is -2.15. The van der Waals surface area contributed by atoms with E-state index in [-0.39, 0.29) is 11.5 Å². The molecule has 32 heavy (non-hydrogen) atoms. The van der Waals surface area contributed by atoms with E-state index < -0.39 is 0 Å². The normalized spacial score (nSPS) is 11.3. The maximum atomic E-state index is 11.8. The molecule has 0 saturated heterocycles. The molecule has 0 aliphatic carbocycles. The molecule has 0 bridgehead atoms. The molecule has 0 fully saturated rings. The van der Waals surface area contributed by atoms with E-state index in [1.54, 1.807) is 13.1 Å². The molecule has 0 aliphatic rings. The van der Waals surface area contributed by atoms with E-state index in [1.165, 1.54) is 0 Å². The molecule has 5 rings (SSSR count). The third-order valence-corrected chi connectivity index (χ3v) is 5.20. The number of aromatic nitrogens is 4. The van der Waals surface area contributed by atoms with Gasteiger partial charge >= 0.3 is 0 Å². The second-order valence-corrected chi connectivity index (χ2v) is 7.27. The van der Waals surface area contributed by atoms with Crippen LogP contribution in [-0.4, -0.2) is 26.0 Å². The fourth-order valence-corrected chi connectivity index (χ4v) is 3.72.